The maximum Gasteiger partial charge on any atom is 0.239 e. The predicted octanol–water partition coefficient (Wildman–Crippen LogP) is 1.81. The van der Waals surface area contributed by atoms with Crippen molar-refractivity contribution in [1.29, 1.82) is 0 Å². The molecule has 2 heterocycles. The van der Waals surface area contributed by atoms with Gasteiger partial charge in [0, 0.05) is 19.6 Å². The number of likely N-dealkylation sites (tertiary alicyclic amines) is 2. The van der Waals surface area contributed by atoms with Gasteiger partial charge in [0.1, 0.15) is 0 Å². The van der Waals surface area contributed by atoms with Crippen molar-refractivity contribution in [2.75, 3.05) is 20.1 Å². The summed E-state index contributed by atoms with van der Waals surface area (Å²) in [6.45, 7) is 1.84. The third-order valence-corrected chi connectivity index (χ3v) is 4.90. The zero-order valence-electron chi connectivity index (χ0n) is 12.6. The zero-order chi connectivity index (χ0) is 14.8. The SMILES string of the molecule is CN1CC[C@H](N2CCC[C@@H]2C[C@@H](O)c2ccccc2)C1=O. The number of aliphatic hydroxyl groups excluding tert-OH is 1. The minimum absolute atomic E-state index is 0.0328. The average Bonchev–Trinajstić information content (AvgIpc) is 3.08. The van der Waals surface area contributed by atoms with Crippen LogP contribution in [0.1, 0.15) is 37.4 Å². The Morgan fingerprint density at radius 2 is 2.00 bits per heavy atom. The monoisotopic (exact) mass is 288 g/mol. The minimum Gasteiger partial charge on any atom is -0.388 e. The van der Waals surface area contributed by atoms with Crippen LogP contribution in [-0.4, -0.2) is 53.0 Å². The first-order valence-electron chi connectivity index (χ1n) is 7.90. The quantitative estimate of drug-likeness (QED) is 0.919. The predicted molar refractivity (Wildman–Crippen MR) is 81.8 cm³/mol. The van der Waals surface area contributed by atoms with Crippen molar-refractivity contribution in [3.63, 3.8) is 0 Å². The van der Waals surface area contributed by atoms with Gasteiger partial charge < -0.3 is 10.0 Å². The van der Waals surface area contributed by atoms with Crippen molar-refractivity contribution in [2.24, 2.45) is 0 Å². The van der Waals surface area contributed by atoms with Crippen LogP contribution in [0.15, 0.2) is 30.3 Å². The largest absolute Gasteiger partial charge is 0.388 e. The highest BCUT2D eigenvalue weighted by Gasteiger charge is 2.39. The van der Waals surface area contributed by atoms with Gasteiger partial charge in [0.25, 0.3) is 0 Å². The third-order valence-electron chi connectivity index (χ3n) is 4.90. The van der Waals surface area contributed by atoms with Gasteiger partial charge in [-0.05, 0) is 37.8 Å². The fraction of sp³-hybridized carbons (Fsp3) is 0.588. The average molecular weight is 288 g/mol. The molecule has 3 rings (SSSR count). The Hall–Kier alpha value is -1.39. The van der Waals surface area contributed by atoms with Crippen LogP contribution in [0.4, 0.5) is 0 Å². The Labute approximate surface area is 126 Å². The van der Waals surface area contributed by atoms with Gasteiger partial charge in [0.2, 0.25) is 5.91 Å². The number of amides is 1. The molecule has 1 aromatic rings. The Morgan fingerprint density at radius 1 is 1.24 bits per heavy atom. The van der Waals surface area contributed by atoms with Gasteiger partial charge in [-0.15, -0.1) is 0 Å². The van der Waals surface area contributed by atoms with Crippen LogP contribution >= 0.6 is 0 Å². The second-order valence-corrected chi connectivity index (χ2v) is 6.26. The van der Waals surface area contributed by atoms with E-state index in [9.17, 15) is 9.90 Å². The lowest BCUT2D eigenvalue weighted by atomic mass is 9.99. The highest BCUT2D eigenvalue weighted by Crippen LogP contribution is 2.31. The molecular formula is C17H24N2O2. The number of nitrogens with zero attached hydrogens (tertiary/aromatic N) is 2. The Kier molecular flexibility index (Phi) is 4.27. The van der Waals surface area contributed by atoms with Gasteiger partial charge in [-0.2, -0.15) is 0 Å². The van der Waals surface area contributed by atoms with Crippen molar-refractivity contribution in [2.45, 2.75) is 43.9 Å². The number of hydrogen-bond donors (Lipinski definition) is 1. The van der Waals surface area contributed by atoms with Crippen LogP contribution in [0.5, 0.6) is 0 Å². The molecule has 0 aliphatic carbocycles. The van der Waals surface area contributed by atoms with E-state index in [-0.39, 0.29) is 11.9 Å². The summed E-state index contributed by atoms with van der Waals surface area (Å²) < 4.78 is 0. The van der Waals surface area contributed by atoms with Crippen molar-refractivity contribution in [3.05, 3.63) is 35.9 Å². The highest BCUT2D eigenvalue weighted by molar-refractivity contribution is 5.83. The standard InChI is InChI=1S/C17H24N2O2/c1-18-11-9-15(17(18)21)19-10-5-8-14(19)12-16(20)13-6-3-2-4-7-13/h2-4,6-7,14-16,20H,5,8-12H2,1H3/t14-,15+,16-/m1/s1. The molecule has 114 valence electrons. The van der Waals surface area contributed by atoms with Crippen molar-refractivity contribution in [3.8, 4) is 0 Å². The van der Waals surface area contributed by atoms with E-state index < -0.39 is 6.10 Å². The van der Waals surface area contributed by atoms with E-state index in [0.29, 0.717) is 6.04 Å². The fourth-order valence-electron chi connectivity index (χ4n) is 3.70. The Morgan fingerprint density at radius 3 is 2.67 bits per heavy atom. The van der Waals surface area contributed by atoms with Crippen molar-refractivity contribution < 1.29 is 9.90 Å². The van der Waals surface area contributed by atoms with E-state index in [2.05, 4.69) is 4.90 Å². The second kappa shape index (κ2) is 6.16. The van der Waals surface area contributed by atoms with E-state index >= 15 is 0 Å². The lowest BCUT2D eigenvalue weighted by Crippen LogP contribution is -2.44. The maximum atomic E-state index is 12.2. The minimum atomic E-state index is -0.439. The summed E-state index contributed by atoms with van der Waals surface area (Å²) in [5.41, 5.74) is 0.971. The number of benzene rings is 1. The van der Waals surface area contributed by atoms with Gasteiger partial charge in [-0.25, -0.2) is 0 Å². The highest BCUT2D eigenvalue weighted by atomic mass is 16.3. The van der Waals surface area contributed by atoms with Gasteiger partial charge >= 0.3 is 0 Å². The van der Waals surface area contributed by atoms with Crippen LogP contribution in [0.25, 0.3) is 0 Å². The van der Waals surface area contributed by atoms with Crippen LogP contribution in [0.3, 0.4) is 0 Å². The number of hydrogen-bond acceptors (Lipinski definition) is 3. The molecule has 0 radical (unpaired) electrons. The molecule has 2 saturated heterocycles. The molecule has 21 heavy (non-hydrogen) atoms. The molecule has 2 aliphatic heterocycles. The van der Waals surface area contributed by atoms with Gasteiger partial charge in [0.05, 0.1) is 12.1 Å². The molecule has 1 aromatic carbocycles. The molecule has 4 heteroatoms. The third kappa shape index (κ3) is 2.97. The molecule has 0 aromatic heterocycles. The molecule has 0 spiro atoms. The summed E-state index contributed by atoms with van der Waals surface area (Å²) in [6.07, 6.45) is 3.41. The van der Waals surface area contributed by atoms with E-state index in [4.69, 9.17) is 0 Å². The fourth-order valence-corrected chi connectivity index (χ4v) is 3.70. The first-order chi connectivity index (χ1) is 10.2. The maximum absolute atomic E-state index is 12.2. The Balaban J connectivity index is 1.66. The smallest absolute Gasteiger partial charge is 0.239 e. The second-order valence-electron chi connectivity index (χ2n) is 6.26. The topological polar surface area (TPSA) is 43.8 Å². The van der Waals surface area contributed by atoms with E-state index in [1.807, 2.05) is 42.3 Å². The molecule has 0 bridgehead atoms. The van der Waals surface area contributed by atoms with Crippen molar-refractivity contribution >= 4 is 5.91 Å². The number of carbonyl (C=O) groups is 1. The summed E-state index contributed by atoms with van der Waals surface area (Å²) in [5, 5.41) is 10.4. The normalized spacial score (nSPS) is 28.3. The van der Waals surface area contributed by atoms with E-state index in [0.717, 1.165) is 44.3 Å². The van der Waals surface area contributed by atoms with E-state index in [1.54, 1.807) is 0 Å². The van der Waals surface area contributed by atoms with Crippen LogP contribution in [0, 0.1) is 0 Å². The molecule has 0 saturated carbocycles. The molecule has 2 fully saturated rings. The van der Waals surface area contributed by atoms with Crippen LogP contribution < -0.4 is 0 Å². The summed E-state index contributed by atoms with van der Waals surface area (Å²) in [5.74, 6) is 0.246. The molecule has 1 N–H and O–H groups in total. The first-order valence-corrected chi connectivity index (χ1v) is 7.90. The lowest BCUT2D eigenvalue weighted by molar-refractivity contribution is -0.131. The molecule has 4 nitrogen and oxygen atoms in total. The molecule has 2 aliphatic rings. The van der Waals surface area contributed by atoms with Crippen molar-refractivity contribution in [1.82, 2.24) is 9.80 Å². The zero-order valence-corrected chi connectivity index (χ0v) is 12.6. The molecular weight excluding hydrogens is 264 g/mol. The summed E-state index contributed by atoms with van der Waals surface area (Å²) in [4.78, 5) is 16.4. The van der Waals surface area contributed by atoms with Crippen LogP contribution in [-0.2, 0) is 4.79 Å². The van der Waals surface area contributed by atoms with Gasteiger partial charge in [0.15, 0.2) is 0 Å². The Bertz CT molecular complexity index is 491. The summed E-state index contributed by atoms with van der Waals surface area (Å²) in [7, 11) is 1.88. The molecule has 3 atom stereocenters. The number of aliphatic hydroxyl groups is 1. The lowest BCUT2D eigenvalue weighted by Gasteiger charge is -2.30. The summed E-state index contributed by atoms with van der Waals surface area (Å²) in [6, 6.07) is 10.2. The number of rotatable bonds is 4. The molecule has 1 amide bonds. The summed E-state index contributed by atoms with van der Waals surface area (Å²) >= 11 is 0. The number of carbonyl (C=O) groups excluding carboxylic acids is 1. The van der Waals surface area contributed by atoms with Crippen LogP contribution in [0.2, 0.25) is 0 Å². The van der Waals surface area contributed by atoms with Gasteiger partial charge in [-0.3, -0.25) is 9.69 Å². The first kappa shape index (κ1) is 14.5. The number of likely N-dealkylation sites (N-methyl/N-ethyl adjacent to an activating group) is 1. The molecule has 0 unspecified atom stereocenters. The van der Waals surface area contributed by atoms with Gasteiger partial charge in [-0.1, -0.05) is 30.3 Å². The van der Waals surface area contributed by atoms with E-state index in [1.165, 1.54) is 0 Å².